The van der Waals surface area contributed by atoms with E-state index >= 15 is 4.39 Å². The molecule has 9 nitrogen and oxygen atoms in total. The minimum atomic E-state index is -0.567. The summed E-state index contributed by atoms with van der Waals surface area (Å²) >= 11 is 0. The maximum absolute atomic E-state index is 15.1. The molecule has 3 aliphatic rings. The van der Waals surface area contributed by atoms with Crippen molar-refractivity contribution in [2.45, 2.75) is 56.7 Å². The van der Waals surface area contributed by atoms with Gasteiger partial charge in [0.05, 0.1) is 28.3 Å². The van der Waals surface area contributed by atoms with Gasteiger partial charge in [-0.1, -0.05) is 6.07 Å². The predicted molar refractivity (Wildman–Crippen MR) is 154 cm³/mol. The average Bonchev–Trinajstić information content (AvgIpc) is 3.25. The van der Waals surface area contributed by atoms with Crippen LogP contribution in [-0.4, -0.2) is 57.3 Å². The number of ether oxygens (including phenoxy) is 1. The summed E-state index contributed by atoms with van der Waals surface area (Å²) in [5, 5.41) is 17.1. The highest BCUT2D eigenvalue weighted by Crippen LogP contribution is 2.35. The van der Waals surface area contributed by atoms with Crippen LogP contribution in [0.5, 0.6) is 5.75 Å². The van der Waals surface area contributed by atoms with Gasteiger partial charge in [-0.05, 0) is 80.1 Å². The zero-order valence-corrected chi connectivity index (χ0v) is 22.9. The van der Waals surface area contributed by atoms with E-state index in [0.717, 1.165) is 37.9 Å². The Hall–Kier alpha value is -4.78. The van der Waals surface area contributed by atoms with E-state index in [4.69, 9.17) is 10.00 Å². The number of piperazine rings is 1. The molecule has 4 aromatic rings. The Bertz CT molecular complexity index is 1760. The fourth-order valence-electron chi connectivity index (χ4n) is 6.35. The average molecular weight is 565 g/mol. The Morgan fingerprint density at radius 2 is 1.86 bits per heavy atom. The third-order valence-corrected chi connectivity index (χ3v) is 8.74. The first-order valence-electron chi connectivity index (χ1n) is 14.4. The third kappa shape index (κ3) is 4.75. The van der Waals surface area contributed by atoms with Crippen LogP contribution < -0.4 is 15.2 Å². The number of nitrogens with one attached hydrogen (secondary N) is 1. The number of hydrogen-bond acceptors (Lipinski definition) is 7. The van der Waals surface area contributed by atoms with E-state index in [-0.39, 0.29) is 35.2 Å². The van der Waals surface area contributed by atoms with Crippen LogP contribution in [0.4, 0.5) is 10.2 Å². The number of halogens is 1. The van der Waals surface area contributed by atoms with Crippen molar-refractivity contribution in [3.63, 3.8) is 0 Å². The summed E-state index contributed by atoms with van der Waals surface area (Å²) in [6.45, 7) is 0.938. The number of nitriles is 1. The molecule has 2 saturated heterocycles. The summed E-state index contributed by atoms with van der Waals surface area (Å²) in [6, 6.07) is 15.8. The standard InChI is InChI=1S/C32H29FN6O3/c33-28-10-4-19(13-29-26-14-24(42-23-2-1-3-23)8-9-25(26)31(40)37-36-29)12-27(28)32(41)38-17-21-6-7-22(18-38)39(21)30-11-5-20(15-34)16-35-30/h4-5,8-12,14,16,21-23H,1-3,6-7,13,17-18H2,(H,37,40). The number of amides is 1. The van der Waals surface area contributed by atoms with Crippen LogP contribution in [0.25, 0.3) is 10.8 Å². The van der Waals surface area contributed by atoms with Gasteiger partial charge in [0.2, 0.25) is 0 Å². The molecule has 212 valence electrons. The number of likely N-dealkylation sites (tertiary alicyclic amines) is 1. The molecule has 2 aliphatic heterocycles. The van der Waals surface area contributed by atoms with Crippen LogP contribution in [0.3, 0.4) is 0 Å². The van der Waals surface area contributed by atoms with Gasteiger partial charge in [-0.3, -0.25) is 9.59 Å². The van der Waals surface area contributed by atoms with Crippen molar-refractivity contribution >= 4 is 22.5 Å². The Balaban J connectivity index is 1.12. The van der Waals surface area contributed by atoms with Crippen molar-refractivity contribution in [1.82, 2.24) is 20.1 Å². The Morgan fingerprint density at radius 1 is 1.05 bits per heavy atom. The molecule has 2 atom stereocenters. The molecule has 0 spiro atoms. The van der Waals surface area contributed by atoms with Gasteiger partial charge in [0.25, 0.3) is 11.5 Å². The monoisotopic (exact) mass is 564 g/mol. The number of H-pyrrole nitrogens is 1. The largest absolute Gasteiger partial charge is 0.490 e. The van der Waals surface area contributed by atoms with Crippen LogP contribution in [0, 0.1) is 17.1 Å². The van der Waals surface area contributed by atoms with Gasteiger partial charge in [0.1, 0.15) is 23.5 Å². The second-order valence-electron chi connectivity index (χ2n) is 11.4. The van der Waals surface area contributed by atoms with Crippen LogP contribution >= 0.6 is 0 Å². The van der Waals surface area contributed by atoms with Crippen molar-refractivity contribution in [2.75, 3.05) is 18.0 Å². The van der Waals surface area contributed by atoms with E-state index in [1.807, 2.05) is 12.1 Å². The molecular weight excluding hydrogens is 535 g/mol. The third-order valence-electron chi connectivity index (χ3n) is 8.74. The van der Waals surface area contributed by atoms with Gasteiger partial charge in [-0.25, -0.2) is 14.5 Å². The quantitative estimate of drug-likeness (QED) is 0.370. The molecule has 1 amide bonds. The van der Waals surface area contributed by atoms with Crippen LogP contribution in [0.2, 0.25) is 0 Å². The van der Waals surface area contributed by atoms with Gasteiger partial charge < -0.3 is 14.5 Å². The molecule has 1 saturated carbocycles. The van der Waals surface area contributed by atoms with E-state index in [1.165, 1.54) is 6.07 Å². The molecule has 10 heteroatoms. The highest BCUT2D eigenvalue weighted by Gasteiger charge is 2.42. The summed E-state index contributed by atoms with van der Waals surface area (Å²) in [5.74, 6) is 0.585. The maximum atomic E-state index is 15.1. The molecule has 7 rings (SSSR count). The Kier molecular flexibility index (Phi) is 6.57. The molecule has 1 N–H and O–H groups in total. The molecule has 2 aromatic heterocycles. The fourth-order valence-corrected chi connectivity index (χ4v) is 6.35. The van der Waals surface area contributed by atoms with Gasteiger partial charge in [0, 0.05) is 43.2 Å². The second-order valence-corrected chi connectivity index (χ2v) is 11.4. The summed E-state index contributed by atoms with van der Waals surface area (Å²) in [4.78, 5) is 34.5. The minimum absolute atomic E-state index is 0.0274. The lowest BCUT2D eigenvalue weighted by atomic mass is 9.96. The number of benzene rings is 2. The number of aromatic amines is 1. The normalized spacial score (nSPS) is 19.9. The first kappa shape index (κ1) is 26.1. The number of carbonyl (C=O) groups excluding carboxylic acids is 1. The molecule has 2 unspecified atom stereocenters. The van der Waals surface area contributed by atoms with Crippen LogP contribution in [0.15, 0.2) is 59.5 Å². The molecule has 1 aliphatic carbocycles. The topological polar surface area (TPSA) is 115 Å². The Labute approximate surface area is 241 Å². The van der Waals surface area contributed by atoms with Crippen molar-refractivity contribution in [2.24, 2.45) is 0 Å². The van der Waals surface area contributed by atoms with E-state index in [0.29, 0.717) is 52.9 Å². The lowest BCUT2D eigenvalue weighted by Crippen LogP contribution is -2.55. The van der Waals surface area contributed by atoms with Crippen molar-refractivity contribution in [3.8, 4) is 11.8 Å². The molecule has 3 fully saturated rings. The lowest BCUT2D eigenvalue weighted by Gasteiger charge is -2.41. The number of fused-ring (bicyclic) bond motifs is 3. The molecule has 2 aromatic carbocycles. The number of anilines is 1. The fraction of sp³-hybridized carbons (Fsp3) is 0.344. The van der Waals surface area contributed by atoms with Gasteiger partial charge in [0.15, 0.2) is 0 Å². The second kappa shape index (κ2) is 10.6. The van der Waals surface area contributed by atoms with Gasteiger partial charge in [-0.2, -0.15) is 10.4 Å². The van der Waals surface area contributed by atoms with Crippen molar-refractivity contribution in [3.05, 3.63) is 93.3 Å². The van der Waals surface area contributed by atoms with E-state index in [1.54, 1.807) is 41.4 Å². The van der Waals surface area contributed by atoms with Crippen LogP contribution in [0.1, 0.15) is 59.3 Å². The molecule has 42 heavy (non-hydrogen) atoms. The summed E-state index contributed by atoms with van der Waals surface area (Å²) in [5.41, 5.74) is 1.58. The number of rotatable bonds is 6. The smallest absolute Gasteiger partial charge is 0.272 e. The van der Waals surface area contributed by atoms with E-state index < -0.39 is 5.82 Å². The van der Waals surface area contributed by atoms with E-state index in [2.05, 4.69) is 26.2 Å². The SMILES string of the molecule is N#Cc1ccc(N2C3CCC2CN(C(=O)c2cc(Cc4n[nH]c(=O)c5ccc(OC6CCC6)cc45)ccc2F)C3)nc1. The highest BCUT2D eigenvalue weighted by atomic mass is 19.1. The summed E-state index contributed by atoms with van der Waals surface area (Å²) < 4.78 is 21.1. The summed E-state index contributed by atoms with van der Waals surface area (Å²) in [6.07, 6.45) is 7.10. The first-order chi connectivity index (χ1) is 20.5. The number of carbonyl (C=O) groups is 1. The molecule has 2 bridgehead atoms. The van der Waals surface area contributed by atoms with Gasteiger partial charge in [-0.15, -0.1) is 0 Å². The highest BCUT2D eigenvalue weighted by molar-refractivity contribution is 5.95. The summed E-state index contributed by atoms with van der Waals surface area (Å²) in [7, 11) is 0. The lowest BCUT2D eigenvalue weighted by molar-refractivity contribution is 0.0712. The molecule has 4 heterocycles. The predicted octanol–water partition coefficient (Wildman–Crippen LogP) is 4.34. The maximum Gasteiger partial charge on any atom is 0.272 e. The molecular formula is C32H29FN6O3. The number of nitrogens with zero attached hydrogens (tertiary/aromatic N) is 5. The Morgan fingerprint density at radius 3 is 2.55 bits per heavy atom. The number of hydrogen-bond donors (Lipinski definition) is 1. The van der Waals surface area contributed by atoms with Gasteiger partial charge >= 0.3 is 0 Å². The van der Waals surface area contributed by atoms with Crippen LogP contribution in [-0.2, 0) is 6.42 Å². The molecule has 0 radical (unpaired) electrons. The number of pyridine rings is 1. The zero-order chi connectivity index (χ0) is 28.8. The minimum Gasteiger partial charge on any atom is -0.490 e. The zero-order valence-electron chi connectivity index (χ0n) is 22.9. The van der Waals surface area contributed by atoms with Crippen molar-refractivity contribution < 1.29 is 13.9 Å². The van der Waals surface area contributed by atoms with E-state index in [9.17, 15) is 9.59 Å². The first-order valence-corrected chi connectivity index (χ1v) is 14.4. The van der Waals surface area contributed by atoms with Crippen molar-refractivity contribution in [1.29, 1.82) is 5.26 Å². The number of aromatic nitrogens is 3.